The number of ether oxygens (including phenoxy) is 1. The van der Waals surface area contributed by atoms with Crippen LogP contribution >= 0.6 is 11.3 Å². The van der Waals surface area contributed by atoms with Gasteiger partial charge in [-0.25, -0.2) is 4.99 Å². The summed E-state index contributed by atoms with van der Waals surface area (Å²) in [5.74, 6) is 0.743. The average Bonchev–Trinajstić information content (AvgIpc) is 3.14. The molecule has 1 aromatic rings. The van der Waals surface area contributed by atoms with Crippen molar-refractivity contribution >= 4 is 17.3 Å². The Hall–Kier alpha value is -1.15. The van der Waals surface area contributed by atoms with Crippen molar-refractivity contribution in [2.24, 2.45) is 4.99 Å². The third-order valence-electron chi connectivity index (χ3n) is 4.90. The summed E-state index contributed by atoms with van der Waals surface area (Å²) in [4.78, 5) is 7.83. The normalized spacial score (nSPS) is 20.3. The van der Waals surface area contributed by atoms with E-state index in [1.54, 1.807) is 11.3 Å². The van der Waals surface area contributed by atoms with Gasteiger partial charge in [0, 0.05) is 36.7 Å². The van der Waals surface area contributed by atoms with Crippen molar-refractivity contribution in [3.05, 3.63) is 22.4 Å². The predicted molar refractivity (Wildman–Crippen MR) is 104 cm³/mol. The highest BCUT2D eigenvalue weighted by Gasteiger charge is 2.35. The number of rotatable bonds is 7. The molecule has 0 spiro atoms. The van der Waals surface area contributed by atoms with Crippen LogP contribution in [0.5, 0.6) is 0 Å². The van der Waals surface area contributed by atoms with Crippen LogP contribution < -0.4 is 10.6 Å². The maximum Gasteiger partial charge on any atom is 0.191 e. The fraction of sp³-hybridized carbons (Fsp3) is 0.722. The highest BCUT2D eigenvalue weighted by atomic mass is 32.1. The third kappa shape index (κ3) is 5.41. The number of nitrogens with one attached hydrogen (secondary N) is 2. The van der Waals surface area contributed by atoms with E-state index in [0.717, 1.165) is 50.0 Å². The number of hydrogen-bond donors (Lipinski definition) is 3. The molecule has 1 saturated heterocycles. The van der Waals surface area contributed by atoms with Gasteiger partial charge in [-0.2, -0.15) is 0 Å². The second kappa shape index (κ2) is 8.98. The average molecular weight is 369 g/mol. The van der Waals surface area contributed by atoms with Gasteiger partial charge in [-0.05, 0) is 52.2 Å². The van der Waals surface area contributed by atoms with Gasteiger partial charge < -0.3 is 25.4 Å². The number of thiophene rings is 1. The molecule has 2 rings (SSSR count). The van der Waals surface area contributed by atoms with Gasteiger partial charge in [-0.1, -0.05) is 6.07 Å². The van der Waals surface area contributed by atoms with Crippen LogP contribution in [0.2, 0.25) is 0 Å². The molecule has 0 amide bonds. The van der Waals surface area contributed by atoms with Gasteiger partial charge in [0.15, 0.2) is 5.96 Å². The van der Waals surface area contributed by atoms with Gasteiger partial charge in [0.2, 0.25) is 0 Å². The van der Waals surface area contributed by atoms with Crippen molar-refractivity contribution in [2.75, 3.05) is 46.9 Å². The molecule has 25 heavy (non-hydrogen) atoms. The Morgan fingerprint density at radius 3 is 2.68 bits per heavy atom. The molecule has 0 radical (unpaired) electrons. The first-order valence-electron chi connectivity index (χ1n) is 8.93. The Morgan fingerprint density at radius 2 is 2.12 bits per heavy atom. The van der Waals surface area contributed by atoms with E-state index in [-0.39, 0.29) is 5.54 Å². The summed E-state index contributed by atoms with van der Waals surface area (Å²) >= 11 is 1.55. The van der Waals surface area contributed by atoms with Gasteiger partial charge >= 0.3 is 0 Å². The van der Waals surface area contributed by atoms with Crippen LogP contribution in [0.25, 0.3) is 0 Å². The fourth-order valence-electron chi connectivity index (χ4n) is 3.02. The lowest BCUT2D eigenvalue weighted by Gasteiger charge is -2.43. The van der Waals surface area contributed by atoms with E-state index in [0.29, 0.717) is 6.54 Å². The molecule has 7 heteroatoms. The first kappa shape index (κ1) is 20.2. The van der Waals surface area contributed by atoms with Gasteiger partial charge in [-0.3, -0.25) is 0 Å². The molecule has 1 aromatic heterocycles. The minimum absolute atomic E-state index is 0.0741. The van der Waals surface area contributed by atoms with Gasteiger partial charge in [-0.15, -0.1) is 11.3 Å². The van der Waals surface area contributed by atoms with E-state index in [9.17, 15) is 5.11 Å². The van der Waals surface area contributed by atoms with Crippen LogP contribution in [-0.2, 0) is 10.3 Å². The van der Waals surface area contributed by atoms with E-state index in [1.807, 2.05) is 31.4 Å². The molecule has 0 aromatic carbocycles. The summed E-state index contributed by atoms with van der Waals surface area (Å²) in [5, 5.41) is 19.4. The number of aliphatic imine (C=N–C) groups is 1. The number of hydrogen-bond acceptors (Lipinski definition) is 5. The molecule has 0 aliphatic carbocycles. The maximum absolute atomic E-state index is 10.7. The topological polar surface area (TPSA) is 69.1 Å². The first-order chi connectivity index (χ1) is 11.9. The quantitative estimate of drug-likeness (QED) is 0.504. The summed E-state index contributed by atoms with van der Waals surface area (Å²) in [6.07, 6.45) is 2.00. The van der Waals surface area contributed by atoms with Crippen LogP contribution in [0.1, 0.15) is 31.6 Å². The minimum atomic E-state index is -0.950. The summed E-state index contributed by atoms with van der Waals surface area (Å²) in [5.41, 5.74) is -0.876. The monoisotopic (exact) mass is 368 g/mol. The summed E-state index contributed by atoms with van der Waals surface area (Å²) < 4.78 is 5.53. The van der Waals surface area contributed by atoms with Crippen LogP contribution in [0.15, 0.2) is 22.5 Å². The van der Waals surface area contributed by atoms with Crippen LogP contribution in [0, 0.1) is 0 Å². The van der Waals surface area contributed by atoms with Crippen molar-refractivity contribution in [1.29, 1.82) is 0 Å². The van der Waals surface area contributed by atoms with Gasteiger partial charge in [0.1, 0.15) is 5.60 Å². The van der Waals surface area contributed by atoms with Crippen LogP contribution in [-0.4, -0.2) is 68.4 Å². The van der Waals surface area contributed by atoms with E-state index in [1.165, 1.54) is 0 Å². The zero-order valence-corrected chi connectivity index (χ0v) is 16.7. The smallest absolute Gasteiger partial charge is 0.191 e. The molecule has 3 N–H and O–H groups in total. The Bertz CT molecular complexity index is 537. The number of aliphatic hydroxyl groups is 1. The van der Waals surface area contributed by atoms with Gasteiger partial charge in [0.05, 0.1) is 6.54 Å². The van der Waals surface area contributed by atoms with Crippen molar-refractivity contribution in [3.8, 4) is 0 Å². The molecule has 142 valence electrons. The fourth-order valence-corrected chi connectivity index (χ4v) is 3.80. The zero-order chi connectivity index (χ0) is 18.3. The van der Waals surface area contributed by atoms with Crippen LogP contribution in [0.3, 0.4) is 0 Å². The molecule has 2 heterocycles. The maximum atomic E-state index is 10.7. The van der Waals surface area contributed by atoms with E-state index < -0.39 is 5.60 Å². The third-order valence-corrected chi connectivity index (χ3v) is 6.02. The van der Waals surface area contributed by atoms with Gasteiger partial charge in [0.25, 0.3) is 0 Å². The SMILES string of the molecule is CCNC(=NCC(C)(O)c1cccs1)NCC1(N(C)C)CCOCC1. The first-order valence-corrected chi connectivity index (χ1v) is 9.81. The molecule has 1 unspecified atom stereocenters. The standard InChI is InChI=1S/C18H32N4O2S/c1-5-19-16(20-13-17(2,23)15-7-6-12-25-15)21-14-18(22(3)4)8-10-24-11-9-18/h6-7,12,23H,5,8-11,13-14H2,1-4H3,(H2,19,20,21). The Balaban J connectivity index is 2.02. The number of likely N-dealkylation sites (N-methyl/N-ethyl adjacent to an activating group) is 1. The van der Waals surface area contributed by atoms with E-state index >= 15 is 0 Å². The van der Waals surface area contributed by atoms with Crippen molar-refractivity contribution < 1.29 is 9.84 Å². The molecule has 1 atom stereocenters. The van der Waals surface area contributed by atoms with Crippen molar-refractivity contribution in [2.45, 2.75) is 37.8 Å². The summed E-state index contributed by atoms with van der Waals surface area (Å²) in [7, 11) is 4.25. The highest BCUT2D eigenvalue weighted by Crippen LogP contribution is 2.26. The van der Waals surface area contributed by atoms with Crippen LogP contribution in [0.4, 0.5) is 0 Å². The molecule has 1 aliphatic rings. The highest BCUT2D eigenvalue weighted by molar-refractivity contribution is 7.10. The number of guanidine groups is 1. The lowest BCUT2D eigenvalue weighted by Crippen LogP contribution is -2.57. The molecule has 6 nitrogen and oxygen atoms in total. The second-order valence-corrected chi connectivity index (χ2v) is 7.98. The molecular weight excluding hydrogens is 336 g/mol. The molecular formula is C18H32N4O2S. The largest absolute Gasteiger partial charge is 0.383 e. The minimum Gasteiger partial charge on any atom is -0.383 e. The lowest BCUT2D eigenvalue weighted by atomic mass is 9.88. The van der Waals surface area contributed by atoms with Crippen molar-refractivity contribution in [1.82, 2.24) is 15.5 Å². The Labute approximate surface area is 155 Å². The number of nitrogens with zero attached hydrogens (tertiary/aromatic N) is 2. The lowest BCUT2D eigenvalue weighted by molar-refractivity contribution is -0.00503. The molecule has 0 saturated carbocycles. The second-order valence-electron chi connectivity index (χ2n) is 7.03. The Morgan fingerprint density at radius 1 is 1.40 bits per heavy atom. The molecule has 1 fully saturated rings. The Kier molecular flexibility index (Phi) is 7.25. The van der Waals surface area contributed by atoms with E-state index in [4.69, 9.17) is 4.74 Å². The van der Waals surface area contributed by atoms with Crippen molar-refractivity contribution in [3.63, 3.8) is 0 Å². The summed E-state index contributed by atoms with van der Waals surface area (Å²) in [6, 6.07) is 3.90. The molecule has 1 aliphatic heterocycles. The summed E-state index contributed by atoms with van der Waals surface area (Å²) in [6.45, 7) is 7.35. The van der Waals surface area contributed by atoms with E-state index in [2.05, 4.69) is 34.6 Å². The zero-order valence-electron chi connectivity index (χ0n) is 15.8. The molecule has 0 bridgehead atoms. The predicted octanol–water partition coefficient (Wildman–Crippen LogP) is 1.62.